The van der Waals surface area contributed by atoms with Gasteiger partial charge in [0, 0.05) is 6.04 Å². The van der Waals surface area contributed by atoms with Crippen LogP contribution in [-0.4, -0.2) is 12.6 Å². The number of rotatable bonds is 5. The van der Waals surface area contributed by atoms with E-state index in [-0.39, 0.29) is 0 Å². The largest absolute Gasteiger partial charge is 0.313 e. The molecule has 0 bridgehead atoms. The molecule has 1 aliphatic rings. The summed E-state index contributed by atoms with van der Waals surface area (Å²) in [4.78, 5) is 0. The normalized spacial score (nSPS) is 27.5. The van der Waals surface area contributed by atoms with Crippen LogP contribution in [0.5, 0.6) is 0 Å². The van der Waals surface area contributed by atoms with E-state index in [1.54, 1.807) is 0 Å². The summed E-state index contributed by atoms with van der Waals surface area (Å²) in [5, 5.41) is 3.79. The van der Waals surface area contributed by atoms with Crippen molar-refractivity contribution in [2.75, 3.05) is 6.54 Å². The van der Waals surface area contributed by atoms with Gasteiger partial charge in [0.1, 0.15) is 0 Å². The predicted octanol–water partition coefficient (Wildman–Crippen LogP) is 4.86. The van der Waals surface area contributed by atoms with Crippen LogP contribution in [0.15, 0.2) is 0 Å². The lowest BCUT2D eigenvalue weighted by molar-refractivity contribution is 0.121. The van der Waals surface area contributed by atoms with Crippen LogP contribution in [0.2, 0.25) is 0 Å². The Bertz CT molecular complexity index is 218. The van der Waals surface area contributed by atoms with Gasteiger partial charge >= 0.3 is 0 Å². The molecular formula is C17H35N. The first-order valence-electron chi connectivity index (χ1n) is 8.09. The van der Waals surface area contributed by atoms with E-state index < -0.39 is 0 Å². The summed E-state index contributed by atoms with van der Waals surface area (Å²) in [7, 11) is 0. The van der Waals surface area contributed by atoms with Gasteiger partial charge in [-0.2, -0.15) is 0 Å². The summed E-state index contributed by atoms with van der Waals surface area (Å²) in [6, 6.07) is 0.742. The van der Waals surface area contributed by atoms with Crippen molar-refractivity contribution in [2.24, 2.45) is 23.2 Å². The third-order valence-corrected chi connectivity index (χ3v) is 4.85. The molecule has 1 rings (SSSR count). The first-order chi connectivity index (χ1) is 8.36. The SMILES string of the molecule is CCCNC(C(C)C)C1CCC(C(C)(C)C)CC1. The minimum absolute atomic E-state index is 0.509. The summed E-state index contributed by atoms with van der Waals surface area (Å²) < 4.78 is 0. The van der Waals surface area contributed by atoms with Gasteiger partial charge in [-0.15, -0.1) is 0 Å². The zero-order valence-electron chi connectivity index (χ0n) is 13.6. The van der Waals surface area contributed by atoms with Gasteiger partial charge in [-0.05, 0) is 61.8 Å². The van der Waals surface area contributed by atoms with Crippen LogP contribution in [0.1, 0.15) is 73.6 Å². The molecule has 18 heavy (non-hydrogen) atoms. The Hall–Kier alpha value is -0.0400. The van der Waals surface area contributed by atoms with E-state index in [1.165, 1.54) is 38.6 Å². The van der Waals surface area contributed by atoms with Crippen LogP contribution in [0.3, 0.4) is 0 Å². The average Bonchev–Trinajstić information content (AvgIpc) is 2.28. The Morgan fingerprint density at radius 3 is 2.00 bits per heavy atom. The summed E-state index contributed by atoms with van der Waals surface area (Å²) >= 11 is 0. The highest BCUT2D eigenvalue weighted by Gasteiger charge is 2.33. The van der Waals surface area contributed by atoms with E-state index in [4.69, 9.17) is 0 Å². The van der Waals surface area contributed by atoms with Gasteiger partial charge in [0.25, 0.3) is 0 Å². The molecule has 1 heteroatoms. The third-order valence-electron chi connectivity index (χ3n) is 4.85. The smallest absolute Gasteiger partial charge is 0.0118 e. The molecule has 1 nitrogen and oxygen atoms in total. The lowest BCUT2D eigenvalue weighted by Gasteiger charge is -2.41. The standard InChI is InChI=1S/C17H35N/c1-7-12-18-16(13(2)3)14-8-10-15(11-9-14)17(4,5)6/h13-16,18H,7-12H2,1-6H3. The molecule has 0 aromatic carbocycles. The second kappa shape index (κ2) is 6.93. The van der Waals surface area contributed by atoms with Crippen molar-refractivity contribution in [1.29, 1.82) is 0 Å². The molecule has 0 aliphatic heterocycles. The van der Waals surface area contributed by atoms with E-state index in [9.17, 15) is 0 Å². The van der Waals surface area contributed by atoms with Crippen molar-refractivity contribution >= 4 is 0 Å². The van der Waals surface area contributed by atoms with Crippen molar-refractivity contribution in [2.45, 2.75) is 79.7 Å². The molecule has 1 atom stereocenters. The van der Waals surface area contributed by atoms with Gasteiger partial charge in [-0.25, -0.2) is 0 Å². The summed E-state index contributed by atoms with van der Waals surface area (Å²) in [5.74, 6) is 2.62. The van der Waals surface area contributed by atoms with Gasteiger partial charge in [0.2, 0.25) is 0 Å². The minimum atomic E-state index is 0.509. The molecule has 1 saturated carbocycles. The summed E-state index contributed by atoms with van der Waals surface area (Å²) in [6.07, 6.45) is 6.99. The zero-order valence-corrected chi connectivity index (χ0v) is 13.6. The molecule has 0 heterocycles. The van der Waals surface area contributed by atoms with Crippen LogP contribution >= 0.6 is 0 Å². The summed E-state index contributed by atoms with van der Waals surface area (Å²) in [5.41, 5.74) is 0.509. The fourth-order valence-corrected chi connectivity index (χ4v) is 3.60. The van der Waals surface area contributed by atoms with Crippen LogP contribution < -0.4 is 5.32 Å². The van der Waals surface area contributed by atoms with Crippen molar-refractivity contribution in [3.8, 4) is 0 Å². The zero-order chi connectivity index (χ0) is 13.8. The highest BCUT2D eigenvalue weighted by molar-refractivity contribution is 4.87. The second-order valence-corrected chi connectivity index (χ2v) is 7.70. The van der Waals surface area contributed by atoms with E-state index in [1.807, 2.05) is 0 Å². The first kappa shape index (κ1) is 16.0. The predicted molar refractivity (Wildman–Crippen MR) is 81.8 cm³/mol. The molecule has 1 N–H and O–H groups in total. The molecule has 0 aromatic heterocycles. The number of nitrogens with one attached hydrogen (secondary N) is 1. The molecule has 0 aromatic rings. The van der Waals surface area contributed by atoms with Gasteiger partial charge < -0.3 is 5.32 Å². The van der Waals surface area contributed by atoms with Crippen LogP contribution in [-0.2, 0) is 0 Å². The average molecular weight is 253 g/mol. The van der Waals surface area contributed by atoms with Gasteiger partial charge in [0.15, 0.2) is 0 Å². The topological polar surface area (TPSA) is 12.0 Å². The lowest BCUT2D eigenvalue weighted by Crippen LogP contribution is -2.43. The second-order valence-electron chi connectivity index (χ2n) is 7.70. The molecular weight excluding hydrogens is 218 g/mol. The molecule has 0 amide bonds. The van der Waals surface area contributed by atoms with Gasteiger partial charge in [-0.3, -0.25) is 0 Å². The van der Waals surface area contributed by atoms with E-state index in [2.05, 4.69) is 46.9 Å². The Balaban J connectivity index is 2.48. The molecule has 1 unspecified atom stereocenters. The number of hydrogen-bond acceptors (Lipinski definition) is 1. The van der Waals surface area contributed by atoms with Crippen LogP contribution in [0, 0.1) is 23.2 Å². The van der Waals surface area contributed by atoms with Crippen molar-refractivity contribution in [1.82, 2.24) is 5.32 Å². The van der Waals surface area contributed by atoms with Gasteiger partial charge in [0.05, 0.1) is 0 Å². The van der Waals surface area contributed by atoms with Gasteiger partial charge in [-0.1, -0.05) is 41.5 Å². The molecule has 1 fully saturated rings. The fourth-order valence-electron chi connectivity index (χ4n) is 3.60. The Morgan fingerprint density at radius 2 is 1.61 bits per heavy atom. The Kier molecular flexibility index (Phi) is 6.17. The van der Waals surface area contributed by atoms with Crippen molar-refractivity contribution in [3.63, 3.8) is 0 Å². The Morgan fingerprint density at radius 1 is 1.06 bits per heavy atom. The minimum Gasteiger partial charge on any atom is -0.313 e. The maximum Gasteiger partial charge on any atom is 0.0118 e. The van der Waals surface area contributed by atoms with E-state index in [0.29, 0.717) is 5.41 Å². The first-order valence-corrected chi connectivity index (χ1v) is 8.09. The van der Waals surface area contributed by atoms with E-state index in [0.717, 1.165) is 23.8 Å². The summed E-state index contributed by atoms with van der Waals surface area (Å²) in [6.45, 7) is 15.4. The fraction of sp³-hybridized carbons (Fsp3) is 1.00. The maximum atomic E-state index is 3.79. The van der Waals surface area contributed by atoms with Crippen molar-refractivity contribution in [3.05, 3.63) is 0 Å². The van der Waals surface area contributed by atoms with E-state index >= 15 is 0 Å². The number of hydrogen-bond donors (Lipinski definition) is 1. The quantitative estimate of drug-likeness (QED) is 0.737. The molecule has 108 valence electrons. The highest BCUT2D eigenvalue weighted by Crippen LogP contribution is 2.41. The van der Waals surface area contributed by atoms with Crippen LogP contribution in [0.4, 0.5) is 0 Å². The maximum absolute atomic E-state index is 3.79. The van der Waals surface area contributed by atoms with Crippen LogP contribution in [0.25, 0.3) is 0 Å². The lowest BCUT2D eigenvalue weighted by atomic mass is 9.67. The monoisotopic (exact) mass is 253 g/mol. The van der Waals surface area contributed by atoms with Crippen molar-refractivity contribution < 1.29 is 0 Å². The highest BCUT2D eigenvalue weighted by atomic mass is 14.9. The Labute approximate surface area is 115 Å². The third kappa shape index (κ3) is 4.57. The molecule has 1 aliphatic carbocycles. The molecule has 0 radical (unpaired) electrons. The molecule has 0 spiro atoms. The molecule has 0 saturated heterocycles.